The SMILES string of the molecule is CC.CC.CS(O)(O)Nc1nc(Br)cnc1Cl. The molecule has 1 heterocycles. The summed E-state index contributed by atoms with van der Waals surface area (Å²) < 4.78 is 21.0. The molecule has 1 aromatic heterocycles. The van der Waals surface area contributed by atoms with Gasteiger partial charge in [-0.2, -0.15) is 0 Å². The van der Waals surface area contributed by atoms with Crippen LogP contribution < -0.4 is 4.72 Å². The Kier molecular flexibility index (Phi) is 11.2. The van der Waals surface area contributed by atoms with Crippen LogP contribution in [0, 0.1) is 0 Å². The lowest BCUT2D eigenvalue weighted by Gasteiger charge is -2.27. The fraction of sp³-hybridized carbons (Fsp3) is 0.556. The highest BCUT2D eigenvalue weighted by molar-refractivity contribution is 9.10. The van der Waals surface area contributed by atoms with E-state index in [1.165, 1.54) is 12.5 Å². The molecule has 0 amide bonds. The van der Waals surface area contributed by atoms with Crippen molar-refractivity contribution in [1.82, 2.24) is 9.97 Å². The van der Waals surface area contributed by atoms with Crippen LogP contribution in [-0.2, 0) is 0 Å². The Balaban J connectivity index is 0. The van der Waals surface area contributed by atoms with Crippen LogP contribution in [0.3, 0.4) is 0 Å². The lowest BCUT2D eigenvalue weighted by molar-refractivity contribution is 0.502. The third-order valence-electron chi connectivity index (χ3n) is 0.988. The summed E-state index contributed by atoms with van der Waals surface area (Å²) in [5.41, 5.74) is 0. The van der Waals surface area contributed by atoms with E-state index >= 15 is 0 Å². The van der Waals surface area contributed by atoms with Crippen LogP contribution in [0.15, 0.2) is 10.8 Å². The molecule has 0 saturated heterocycles. The van der Waals surface area contributed by atoms with Gasteiger partial charge in [-0.3, -0.25) is 13.8 Å². The molecule has 0 bridgehead atoms. The zero-order chi connectivity index (χ0) is 14.1. The second-order valence-electron chi connectivity index (χ2n) is 2.27. The monoisotopic (exact) mass is 347 g/mol. The average Bonchev–Trinajstić information content (AvgIpc) is 2.27. The Morgan fingerprint density at radius 2 is 1.76 bits per heavy atom. The molecule has 1 aromatic rings. The smallest absolute Gasteiger partial charge is 0.183 e. The standard InChI is InChI=1S/C5H7BrClN3O2S.2C2H6/c1-13(11,12)10-5-4(7)8-2-3(6)9-5;2*1-2/h2,11-12H,1H3,(H,9,10);2*1-2H3. The Labute approximate surface area is 118 Å². The van der Waals surface area contributed by atoms with E-state index in [1.807, 2.05) is 27.7 Å². The van der Waals surface area contributed by atoms with E-state index in [1.54, 1.807) is 0 Å². The summed E-state index contributed by atoms with van der Waals surface area (Å²) >= 11 is 8.71. The van der Waals surface area contributed by atoms with Crippen LogP contribution in [0.4, 0.5) is 5.82 Å². The minimum Gasteiger partial charge on any atom is -0.282 e. The van der Waals surface area contributed by atoms with Crippen molar-refractivity contribution in [3.63, 3.8) is 0 Å². The first-order valence-electron chi connectivity index (χ1n) is 5.07. The highest BCUT2D eigenvalue weighted by Gasteiger charge is 2.09. The molecule has 0 aliphatic rings. The first-order valence-corrected chi connectivity index (χ1v) is 8.20. The summed E-state index contributed by atoms with van der Waals surface area (Å²) in [4.78, 5) is 7.62. The predicted molar refractivity (Wildman–Crippen MR) is 79.8 cm³/mol. The topological polar surface area (TPSA) is 78.3 Å². The summed E-state index contributed by atoms with van der Waals surface area (Å²) in [6.45, 7) is 8.00. The number of anilines is 1. The lowest BCUT2D eigenvalue weighted by atomic mass is 10.7. The Morgan fingerprint density at radius 1 is 1.29 bits per heavy atom. The molecule has 102 valence electrons. The van der Waals surface area contributed by atoms with E-state index < -0.39 is 10.8 Å². The van der Waals surface area contributed by atoms with Gasteiger partial charge >= 0.3 is 0 Å². The van der Waals surface area contributed by atoms with Crippen LogP contribution in [0.25, 0.3) is 0 Å². The van der Waals surface area contributed by atoms with Crippen LogP contribution in [0.5, 0.6) is 0 Å². The summed E-state index contributed by atoms with van der Waals surface area (Å²) in [5.74, 6) is 0.138. The van der Waals surface area contributed by atoms with E-state index in [0.717, 1.165) is 0 Å². The summed E-state index contributed by atoms with van der Waals surface area (Å²) in [7, 11) is -2.87. The molecule has 0 aromatic carbocycles. The zero-order valence-electron chi connectivity index (χ0n) is 10.5. The molecular formula is C9H19BrClN3O2S. The number of halogens is 2. The van der Waals surface area contributed by atoms with Gasteiger partial charge in [-0.05, 0) is 15.9 Å². The van der Waals surface area contributed by atoms with Gasteiger partial charge in [-0.15, -0.1) is 10.8 Å². The molecule has 8 heteroatoms. The van der Waals surface area contributed by atoms with Gasteiger partial charge in [0.05, 0.1) is 6.20 Å². The molecule has 0 atom stereocenters. The molecule has 0 fully saturated rings. The van der Waals surface area contributed by atoms with Gasteiger partial charge in [0.15, 0.2) is 11.0 Å². The molecule has 1 rings (SSSR count). The number of nitrogens with one attached hydrogen (secondary N) is 1. The van der Waals surface area contributed by atoms with Gasteiger partial charge in [-0.1, -0.05) is 39.3 Å². The van der Waals surface area contributed by atoms with Crippen molar-refractivity contribution in [3.05, 3.63) is 16.0 Å². The number of hydrogen-bond donors (Lipinski definition) is 3. The first kappa shape index (κ1) is 19.3. The molecular weight excluding hydrogens is 330 g/mol. The van der Waals surface area contributed by atoms with Gasteiger partial charge < -0.3 is 0 Å². The minimum absolute atomic E-state index is 0.0880. The number of nitrogens with zero attached hydrogens (tertiary/aromatic N) is 2. The number of aromatic nitrogens is 2. The quantitative estimate of drug-likeness (QED) is 0.725. The maximum absolute atomic E-state index is 9.07. The van der Waals surface area contributed by atoms with E-state index in [9.17, 15) is 0 Å². The third kappa shape index (κ3) is 9.61. The van der Waals surface area contributed by atoms with E-state index in [4.69, 9.17) is 20.7 Å². The van der Waals surface area contributed by atoms with Crippen LogP contribution in [0.2, 0.25) is 5.15 Å². The van der Waals surface area contributed by atoms with Gasteiger partial charge in [-0.25, -0.2) is 9.97 Å². The third-order valence-corrected chi connectivity index (χ3v) is 2.23. The predicted octanol–water partition coefficient (Wildman–Crippen LogP) is 4.65. The maximum atomic E-state index is 9.07. The Hall–Kier alpha value is -0.0800. The van der Waals surface area contributed by atoms with Gasteiger partial charge in [0.1, 0.15) is 4.60 Å². The van der Waals surface area contributed by atoms with Gasteiger partial charge in [0.2, 0.25) is 0 Å². The molecule has 0 saturated carbocycles. The molecule has 0 unspecified atom stereocenters. The molecule has 0 aliphatic carbocycles. The normalized spacial score (nSPS) is 10.4. The minimum atomic E-state index is -2.87. The van der Waals surface area contributed by atoms with Gasteiger partial charge in [0.25, 0.3) is 0 Å². The van der Waals surface area contributed by atoms with Crippen molar-refractivity contribution in [3.8, 4) is 0 Å². The molecule has 0 spiro atoms. The van der Waals surface area contributed by atoms with E-state index in [-0.39, 0.29) is 11.0 Å². The highest BCUT2D eigenvalue weighted by Crippen LogP contribution is 2.35. The molecule has 5 nitrogen and oxygen atoms in total. The largest absolute Gasteiger partial charge is 0.282 e. The fourth-order valence-electron chi connectivity index (χ4n) is 0.601. The van der Waals surface area contributed by atoms with Crippen LogP contribution >= 0.6 is 38.3 Å². The second kappa shape index (κ2) is 9.90. The second-order valence-corrected chi connectivity index (χ2v) is 5.31. The summed E-state index contributed by atoms with van der Waals surface area (Å²) in [6, 6.07) is 0. The Morgan fingerprint density at radius 3 is 2.18 bits per heavy atom. The van der Waals surface area contributed by atoms with E-state index in [2.05, 4.69) is 30.6 Å². The average molecular weight is 349 g/mol. The molecule has 17 heavy (non-hydrogen) atoms. The number of rotatable bonds is 2. The van der Waals surface area contributed by atoms with Crippen molar-refractivity contribution < 1.29 is 9.11 Å². The van der Waals surface area contributed by atoms with Crippen LogP contribution in [-0.4, -0.2) is 25.3 Å². The number of hydrogen-bond acceptors (Lipinski definition) is 5. The van der Waals surface area contributed by atoms with Crippen molar-refractivity contribution in [2.75, 3.05) is 11.0 Å². The summed E-state index contributed by atoms with van der Waals surface area (Å²) in [5, 5.41) is 0.0880. The first-order chi connectivity index (χ1) is 7.88. The summed E-state index contributed by atoms with van der Waals surface area (Å²) in [6.07, 6.45) is 2.64. The van der Waals surface area contributed by atoms with Crippen LogP contribution in [0.1, 0.15) is 27.7 Å². The maximum Gasteiger partial charge on any atom is 0.183 e. The van der Waals surface area contributed by atoms with E-state index in [0.29, 0.717) is 4.60 Å². The highest BCUT2D eigenvalue weighted by atomic mass is 79.9. The molecule has 3 N–H and O–H groups in total. The van der Waals surface area contributed by atoms with Crippen molar-refractivity contribution >= 4 is 44.1 Å². The molecule has 0 aliphatic heterocycles. The Bertz CT molecular complexity index is 324. The van der Waals surface area contributed by atoms with Crippen molar-refractivity contribution in [1.29, 1.82) is 0 Å². The van der Waals surface area contributed by atoms with Crippen molar-refractivity contribution in [2.45, 2.75) is 27.7 Å². The lowest BCUT2D eigenvalue weighted by Crippen LogP contribution is -2.08. The van der Waals surface area contributed by atoms with Gasteiger partial charge in [0, 0.05) is 6.26 Å². The zero-order valence-corrected chi connectivity index (χ0v) is 13.7. The fourth-order valence-corrected chi connectivity index (χ4v) is 1.58. The van der Waals surface area contributed by atoms with Crippen molar-refractivity contribution in [2.24, 2.45) is 0 Å². The molecule has 0 radical (unpaired) electrons.